The topological polar surface area (TPSA) is 3.24 Å². The number of nitrogens with zero attached hydrogens (tertiary/aromatic N) is 1. The standard InChI is InChI=1S/C25H45N/c1-7-22(6)19-23(8-2)15-11-10-12-16-24(21(4)5)20-25(9-3)26-17-13-14-18-26/h9,15,20-22H,7-8,10-14,16-19H2,1-6H3/b23-15+,24-20+,25-9+. The summed E-state index contributed by atoms with van der Waals surface area (Å²) in [5.41, 5.74) is 4.75. The maximum Gasteiger partial charge on any atom is 0.0322 e. The van der Waals surface area contributed by atoms with Crippen LogP contribution in [0.1, 0.15) is 99.3 Å². The molecule has 1 aliphatic rings. The zero-order valence-corrected chi connectivity index (χ0v) is 18.6. The average molecular weight is 360 g/mol. The minimum Gasteiger partial charge on any atom is -0.372 e. The molecule has 1 heterocycles. The molecule has 1 unspecified atom stereocenters. The number of unbranched alkanes of at least 4 members (excludes halogenated alkanes) is 2. The Hall–Kier alpha value is -0.980. The molecule has 0 amide bonds. The molecule has 150 valence electrons. The van der Waals surface area contributed by atoms with Crippen molar-refractivity contribution >= 4 is 0 Å². The first kappa shape index (κ1) is 23.1. The van der Waals surface area contributed by atoms with Crippen LogP contribution in [-0.2, 0) is 0 Å². The molecule has 1 fully saturated rings. The smallest absolute Gasteiger partial charge is 0.0322 e. The molecule has 0 bridgehead atoms. The van der Waals surface area contributed by atoms with Gasteiger partial charge >= 0.3 is 0 Å². The summed E-state index contributed by atoms with van der Waals surface area (Å²) in [5, 5.41) is 0. The predicted molar refractivity (Wildman–Crippen MR) is 118 cm³/mol. The van der Waals surface area contributed by atoms with Crippen LogP contribution in [0.25, 0.3) is 0 Å². The minimum atomic E-state index is 0.653. The summed E-state index contributed by atoms with van der Waals surface area (Å²) in [6, 6.07) is 0. The third kappa shape index (κ3) is 8.60. The molecule has 26 heavy (non-hydrogen) atoms. The molecule has 1 atom stereocenters. The first-order chi connectivity index (χ1) is 12.5. The summed E-state index contributed by atoms with van der Waals surface area (Å²) >= 11 is 0. The van der Waals surface area contributed by atoms with E-state index in [0.29, 0.717) is 5.92 Å². The Morgan fingerprint density at radius 3 is 2.27 bits per heavy atom. The molecule has 0 spiro atoms. The molecule has 1 saturated heterocycles. The van der Waals surface area contributed by atoms with Crippen molar-refractivity contribution in [2.24, 2.45) is 11.8 Å². The van der Waals surface area contributed by atoms with Crippen LogP contribution in [-0.4, -0.2) is 18.0 Å². The van der Waals surface area contributed by atoms with Crippen molar-refractivity contribution < 1.29 is 0 Å². The van der Waals surface area contributed by atoms with Gasteiger partial charge in [-0.1, -0.05) is 64.3 Å². The first-order valence-corrected chi connectivity index (χ1v) is 11.3. The van der Waals surface area contributed by atoms with Gasteiger partial charge in [-0.05, 0) is 76.2 Å². The zero-order valence-electron chi connectivity index (χ0n) is 18.6. The number of rotatable bonds is 12. The van der Waals surface area contributed by atoms with Crippen molar-refractivity contribution in [1.82, 2.24) is 4.90 Å². The SMILES string of the molecule is C/C=C(\C=C(/CCCC/C=C(\CC)CC(C)CC)C(C)C)N1CCCC1. The molecular weight excluding hydrogens is 314 g/mol. The van der Waals surface area contributed by atoms with E-state index in [2.05, 4.69) is 64.7 Å². The average Bonchev–Trinajstić information content (AvgIpc) is 3.16. The van der Waals surface area contributed by atoms with Gasteiger partial charge in [-0.2, -0.15) is 0 Å². The van der Waals surface area contributed by atoms with E-state index in [9.17, 15) is 0 Å². The number of likely N-dealkylation sites (tertiary alicyclic amines) is 1. The summed E-state index contributed by atoms with van der Waals surface area (Å²) in [5.74, 6) is 1.49. The Morgan fingerprint density at radius 1 is 1.04 bits per heavy atom. The van der Waals surface area contributed by atoms with Gasteiger partial charge in [-0.25, -0.2) is 0 Å². The van der Waals surface area contributed by atoms with Crippen molar-refractivity contribution in [3.8, 4) is 0 Å². The quantitative estimate of drug-likeness (QED) is 0.194. The molecule has 0 aromatic rings. The van der Waals surface area contributed by atoms with Crippen molar-refractivity contribution in [3.63, 3.8) is 0 Å². The number of allylic oxidation sites excluding steroid dienone is 5. The second-order valence-electron chi connectivity index (χ2n) is 8.46. The summed E-state index contributed by atoms with van der Waals surface area (Å²) in [7, 11) is 0. The fourth-order valence-corrected chi connectivity index (χ4v) is 3.79. The van der Waals surface area contributed by atoms with Crippen LogP contribution in [0.4, 0.5) is 0 Å². The van der Waals surface area contributed by atoms with Gasteiger partial charge in [0, 0.05) is 18.8 Å². The van der Waals surface area contributed by atoms with E-state index in [1.54, 1.807) is 11.1 Å². The lowest BCUT2D eigenvalue weighted by Crippen LogP contribution is -2.17. The highest BCUT2D eigenvalue weighted by Gasteiger charge is 2.14. The highest BCUT2D eigenvalue weighted by Crippen LogP contribution is 2.24. The van der Waals surface area contributed by atoms with Crippen molar-refractivity contribution in [2.45, 2.75) is 99.3 Å². The molecular formula is C25H45N. The highest BCUT2D eigenvalue weighted by atomic mass is 15.1. The van der Waals surface area contributed by atoms with Crippen LogP contribution >= 0.6 is 0 Å². The van der Waals surface area contributed by atoms with Crippen LogP contribution in [0.15, 0.2) is 35.1 Å². The maximum absolute atomic E-state index is 2.56. The molecule has 1 aliphatic heterocycles. The Kier molecular flexibility index (Phi) is 11.7. The Morgan fingerprint density at radius 2 is 1.73 bits per heavy atom. The summed E-state index contributed by atoms with van der Waals surface area (Å²) < 4.78 is 0. The molecule has 0 aliphatic carbocycles. The number of hydrogen-bond acceptors (Lipinski definition) is 1. The zero-order chi connectivity index (χ0) is 19.4. The first-order valence-electron chi connectivity index (χ1n) is 11.3. The van der Waals surface area contributed by atoms with Gasteiger partial charge in [0.25, 0.3) is 0 Å². The summed E-state index contributed by atoms with van der Waals surface area (Å²) in [6.07, 6.45) is 19.0. The third-order valence-corrected chi connectivity index (χ3v) is 5.96. The van der Waals surface area contributed by atoms with E-state index in [0.717, 1.165) is 5.92 Å². The Labute approximate surface area is 164 Å². The van der Waals surface area contributed by atoms with Crippen molar-refractivity contribution in [1.29, 1.82) is 0 Å². The van der Waals surface area contributed by atoms with Gasteiger partial charge in [0.15, 0.2) is 0 Å². The second-order valence-corrected chi connectivity index (χ2v) is 8.46. The van der Waals surface area contributed by atoms with Crippen molar-refractivity contribution in [3.05, 3.63) is 35.1 Å². The predicted octanol–water partition coefficient (Wildman–Crippen LogP) is 7.90. The molecule has 0 aromatic heterocycles. The lowest BCUT2D eigenvalue weighted by molar-refractivity contribution is 0.437. The highest BCUT2D eigenvalue weighted by molar-refractivity contribution is 5.24. The minimum absolute atomic E-state index is 0.653. The van der Waals surface area contributed by atoms with Crippen LogP contribution in [0.3, 0.4) is 0 Å². The van der Waals surface area contributed by atoms with Crippen LogP contribution in [0, 0.1) is 11.8 Å². The van der Waals surface area contributed by atoms with Gasteiger partial charge < -0.3 is 4.90 Å². The van der Waals surface area contributed by atoms with E-state index in [1.165, 1.54) is 76.6 Å². The maximum atomic E-state index is 2.56. The van der Waals surface area contributed by atoms with Gasteiger partial charge in [0.1, 0.15) is 0 Å². The molecule has 1 heteroatoms. The molecule has 1 nitrogen and oxygen atoms in total. The van der Waals surface area contributed by atoms with Crippen LogP contribution in [0.5, 0.6) is 0 Å². The molecule has 0 radical (unpaired) electrons. The molecule has 0 saturated carbocycles. The monoisotopic (exact) mass is 359 g/mol. The van der Waals surface area contributed by atoms with E-state index in [-0.39, 0.29) is 0 Å². The third-order valence-electron chi connectivity index (χ3n) is 5.96. The lowest BCUT2D eigenvalue weighted by Gasteiger charge is -2.21. The number of hydrogen-bond donors (Lipinski definition) is 0. The fourth-order valence-electron chi connectivity index (χ4n) is 3.79. The van der Waals surface area contributed by atoms with E-state index < -0.39 is 0 Å². The van der Waals surface area contributed by atoms with Crippen molar-refractivity contribution in [2.75, 3.05) is 13.1 Å². The van der Waals surface area contributed by atoms with E-state index in [4.69, 9.17) is 0 Å². The van der Waals surface area contributed by atoms with E-state index >= 15 is 0 Å². The molecule has 0 N–H and O–H groups in total. The lowest BCUT2D eigenvalue weighted by atomic mass is 9.94. The normalized spacial score (nSPS) is 18.1. The summed E-state index contributed by atoms with van der Waals surface area (Å²) in [6.45, 7) is 16.4. The Balaban J connectivity index is 2.49. The Bertz CT molecular complexity index is 461. The van der Waals surface area contributed by atoms with Gasteiger partial charge in [0.2, 0.25) is 0 Å². The fraction of sp³-hybridized carbons (Fsp3) is 0.760. The van der Waals surface area contributed by atoms with Gasteiger partial charge in [-0.15, -0.1) is 0 Å². The van der Waals surface area contributed by atoms with E-state index in [1.807, 2.05) is 0 Å². The van der Waals surface area contributed by atoms with Gasteiger partial charge in [0.05, 0.1) is 0 Å². The van der Waals surface area contributed by atoms with Gasteiger partial charge in [-0.3, -0.25) is 0 Å². The second kappa shape index (κ2) is 13.2. The molecule has 1 rings (SSSR count). The van der Waals surface area contributed by atoms with Crippen LogP contribution < -0.4 is 0 Å². The summed E-state index contributed by atoms with van der Waals surface area (Å²) in [4.78, 5) is 2.56. The largest absolute Gasteiger partial charge is 0.372 e. The van der Waals surface area contributed by atoms with Crippen LogP contribution in [0.2, 0.25) is 0 Å². The molecule has 0 aromatic carbocycles.